The van der Waals surface area contributed by atoms with E-state index in [1.165, 1.54) is 19.3 Å². The molecule has 0 aliphatic rings. The molecule has 0 saturated carbocycles. The van der Waals surface area contributed by atoms with Gasteiger partial charge < -0.3 is 15.6 Å². The Balaban J connectivity index is 2.54. The van der Waals surface area contributed by atoms with Crippen molar-refractivity contribution < 1.29 is 9.84 Å². The Hall–Kier alpha value is -1.06. The third kappa shape index (κ3) is 5.21. The van der Waals surface area contributed by atoms with E-state index in [0.29, 0.717) is 6.54 Å². The molecule has 0 saturated heterocycles. The van der Waals surface area contributed by atoms with Crippen molar-refractivity contribution in [2.45, 2.75) is 51.0 Å². The van der Waals surface area contributed by atoms with Gasteiger partial charge in [-0.05, 0) is 24.1 Å². The molecule has 1 aromatic rings. The summed E-state index contributed by atoms with van der Waals surface area (Å²) in [6.07, 6.45) is 5.19. The highest BCUT2D eigenvalue weighted by atomic mass is 16.5. The highest BCUT2D eigenvalue weighted by molar-refractivity contribution is 5.30. The van der Waals surface area contributed by atoms with Crippen LogP contribution in [0.25, 0.3) is 0 Å². The molecule has 3 heteroatoms. The first-order valence-electron chi connectivity index (χ1n) is 7.25. The zero-order valence-electron chi connectivity index (χ0n) is 12.1. The van der Waals surface area contributed by atoms with Crippen LogP contribution in [0.4, 0.5) is 0 Å². The maximum Gasteiger partial charge on any atom is 0.118 e. The highest BCUT2D eigenvalue weighted by Gasteiger charge is 2.19. The number of hydrogen-bond acceptors (Lipinski definition) is 3. The first-order chi connectivity index (χ1) is 9.22. The lowest BCUT2D eigenvalue weighted by molar-refractivity contribution is 0.132. The second kappa shape index (κ2) is 8.94. The largest absolute Gasteiger partial charge is 0.497 e. The van der Waals surface area contributed by atoms with Crippen LogP contribution in [-0.4, -0.2) is 24.9 Å². The third-order valence-electron chi connectivity index (χ3n) is 3.62. The predicted molar refractivity (Wildman–Crippen MR) is 79.6 cm³/mol. The molecule has 3 nitrogen and oxygen atoms in total. The maximum absolute atomic E-state index is 10.3. The second-order valence-electron chi connectivity index (χ2n) is 5.03. The van der Waals surface area contributed by atoms with Crippen LogP contribution in [-0.2, 0) is 0 Å². The molecule has 0 bridgehead atoms. The van der Waals surface area contributed by atoms with Crippen molar-refractivity contribution in [2.75, 3.05) is 13.7 Å². The fourth-order valence-electron chi connectivity index (χ4n) is 2.35. The SMILES string of the molecule is CCCCCCC(O)C(CN)c1ccc(OC)cc1. The van der Waals surface area contributed by atoms with Crippen molar-refractivity contribution in [1.29, 1.82) is 0 Å². The van der Waals surface area contributed by atoms with Gasteiger partial charge >= 0.3 is 0 Å². The van der Waals surface area contributed by atoms with E-state index in [2.05, 4.69) is 6.92 Å². The van der Waals surface area contributed by atoms with Crippen LogP contribution in [0.2, 0.25) is 0 Å². The van der Waals surface area contributed by atoms with E-state index >= 15 is 0 Å². The molecular weight excluding hydrogens is 238 g/mol. The smallest absolute Gasteiger partial charge is 0.118 e. The minimum Gasteiger partial charge on any atom is -0.497 e. The van der Waals surface area contributed by atoms with Crippen molar-refractivity contribution >= 4 is 0 Å². The monoisotopic (exact) mass is 265 g/mol. The van der Waals surface area contributed by atoms with E-state index in [1.54, 1.807) is 7.11 Å². The number of methoxy groups -OCH3 is 1. The minimum absolute atomic E-state index is 0.0209. The van der Waals surface area contributed by atoms with Gasteiger partial charge in [0.1, 0.15) is 5.75 Å². The molecular formula is C16H27NO2. The second-order valence-corrected chi connectivity index (χ2v) is 5.03. The summed E-state index contributed by atoms with van der Waals surface area (Å²) in [5.41, 5.74) is 6.90. The number of ether oxygens (including phenoxy) is 1. The first kappa shape index (κ1) is 16.0. The van der Waals surface area contributed by atoms with Crippen LogP contribution >= 0.6 is 0 Å². The lowest BCUT2D eigenvalue weighted by Crippen LogP contribution is -2.25. The summed E-state index contributed by atoms with van der Waals surface area (Å²) < 4.78 is 5.14. The first-order valence-corrected chi connectivity index (χ1v) is 7.25. The van der Waals surface area contributed by atoms with Gasteiger partial charge in [-0.3, -0.25) is 0 Å². The average molecular weight is 265 g/mol. The quantitative estimate of drug-likeness (QED) is 0.675. The van der Waals surface area contributed by atoms with Crippen LogP contribution in [0.3, 0.4) is 0 Å². The maximum atomic E-state index is 10.3. The normalized spacial score (nSPS) is 14.1. The zero-order chi connectivity index (χ0) is 14.1. The number of aliphatic hydroxyl groups is 1. The van der Waals surface area contributed by atoms with Crippen LogP contribution in [0.5, 0.6) is 5.75 Å². The van der Waals surface area contributed by atoms with Gasteiger partial charge in [-0.25, -0.2) is 0 Å². The molecule has 0 fully saturated rings. The molecule has 19 heavy (non-hydrogen) atoms. The molecule has 0 amide bonds. The molecule has 0 heterocycles. The van der Waals surface area contributed by atoms with Crippen LogP contribution in [0.1, 0.15) is 50.5 Å². The fraction of sp³-hybridized carbons (Fsp3) is 0.625. The Morgan fingerprint density at radius 1 is 1.16 bits per heavy atom. The summed E-state index contributed by atoms with van der Waals surface area (Å²) in [7, 11) is 1.65. The van der Waals surface area contributed by atoms with Gasteiger partial charge in [0.15, 0.2) is 0 Å². The number of unbranched alkanes of at least 4 members (excludes halogenated alkanes) is 3. The molecule has 0 radical (unpaired) electrons. The van der Waals surface area contributed by atoms with Crippen molar-refractivity contribution in [1.82, 2.24) is 0 Å². The number of rotatable bonds is 9. The Morgan fingerprint density at radius 3 is 2.37 bits per heavy atom. The highest BCUT2D eigenvalue weighted by Crippen LogP contribution is 2.24. The lowest BCUT2D eigenvalue weighted by atomic mass is 9.90. The van der Waals surface area contributed by atoms with Crippen molar-refractivity contribution in [3.63, 3.8) is 0 Å². The molecule has 1 aromatic carbocycles. The van der Waals surface area contributed by atoms with Crippen molar-refractivity contribution in [2.24, 2.45) is 5.73 Å². The van der Waals surface area contributed by atoms with Crippen LogP contribution < -0.4 is 10.5 Å². The molecule has 0 aliphatic heterocycles. The van der Waals surface area contributed by atoms with Crippen LogP contribution in [0.15, 0.2) is 24.3 Å². The van der Waals surface area contributed by atoms with Crippen LogP contribution in [0, 0.1) is 0 Å². The van der Waals surface area contributed by atoms with Gasteiger partial charge in [-0.2, -0.15) is 0 Å². The summed E-state index contributed by atoms with van der Waals surface area (Å²) in [5, 5.41) is 10.3. The van der Waals surface area contributed by atoms with E-state index in [-0.39, 0.29) is 12.0 Å². The lowest BCUT2D eigenvalue weighted by Gasteiger charge is -2.22. The molecule has 0 aromatic heterocycles. The summed E-state index contributed by atoms with van der Waals surface area (Å²) in [4.78, 5) is 0. The van der Waals surface area contributed by atoms with E-state index in [0.717, 1.165) is 24.2 Å². The number of nitrogens with two attached hydrogens (primary N) is 1. The number of aliphatic hydroxyl groups excluding tert-OH is 1. The average Bonchev–Trinajstić information content (AvgIpc) is 2.45. The molecule has 108 valence electrons. The molecule has 2 atom stereocenters. The van der Waals surface area contributed by atoms with Crippen molar-refractivity contribution in [3.05, 3.63) is 29.8 Å². The molecule has 2 unspecified atom stereocenters. The summed E-state index contributed by atoms with van der Waals surface area (Å²) in [6.45, 7) is 2.66. The topological polar surface area (TPSA) is 55.5 Å². The molecule has 3 N–H and O–H groups in total. The minimum atomic E-state index is -0.352. The van der Waals surface area contributed by atoms with E-state index < -0.39 is 0 Å². The fourth-order valence-corrected chi connectivity index (χ4v) is 2.35. The predicted octanol–water partition coefficient (Wildman–Crippen LogP) is 3.07. The van der Waals surface area contributed by atoms with Crippen molar-refractivity contribution in [3.8, 4) is 5.75 Å². The molecule has 0 spiro atoms. The van der Waals surface area contributed by atoms with Gasteiger partial charge in [0, 0.05) is 12.5 Å². The Morgan fingerprint density at radius 2 is 1.84 bits per heavy atom. The van der Waals surface area contributed by atoms with Gasteiger partial charge in [-0.1, -0.05) is 44.7 Å². The van der Waals surface area contributed by atoms with E-state index in [1.807, 2.05) is 24.3 Å². The molecule has 1 rings (SSSR count). The zero-order valence-corrected chi connectivity index (χ0v) is 12.1. The van der Waals surface area contributed by atoms with Gasteiger partial charge in [0.2, 0.25) is 0 Å². The summed E-state index contributed by atoms with van der Waals surface area (Å²) >= 11 is 0. The standard InChI is InChI=1S/C16H27NO2/c1-3-4-5-6-7-16(18)15(12-17)13-8-10-14(19-2)11-9-13/h8-11,15-16,18H,3-7,12,17H2,1-2H3. The summed E-state index contributed by atoms with van der Waals surface area (Å²) in [5.74, 6) is 0.851. The Bertz CT molecular complexity index is 337. The van der Waals surface area contributed by atoms with Gasteiger partial charge in [0.25, 0.3) is 0 Å². The van der Waals surface area contributed by atoms with Gasteiger partial charge in [-0.15, -0.1) is 0 Å². The Kier molecular flexibility index (Phi) is 7.53. The Labute approximate surface area is 116 Å². The number of benzene rings is 1. The third-order valence-corrected chi connectivity index (χ3v) is 3.62. The van der Waals surface area contributed by atoms with E-state index in [4.69, 9.17) is 10.5 Å². The number of hydrogen-bond donors (Lipinski definition) is 2. The van der Waals surface area contributed by atoms with E-state index in [9.17, 15) is 5.11 Å². The van der Waals surface area contributed by atoms with Gasteiger partial charge in [0.05, 0.1) is 13.2 Å². The summed E-state index contributed by atoms with van der Waals surface area (Å²) in [6, 6.07) is 7.82. The molecule has 0 aliphatic carbocycles.